The lowest BCUT2D eigenvalue weighted by Crippen LogP contribution is -2.33. The molecule has 0 heterocycles. The van der Waals surface area contributed by atoms with Crippen LogP contribution >= 0.6 is 0 Å². The zero-order chi connectivity index (χ0) is 16.5. The summed E-state index contributed by atoms with van der Waals surface area (Å²) in [6, 6.07) is 5.66. The Morgan fingerprint density at radius 1 is 1.32 bits per heavy atom. The molecule has 5 heteroatoms. The maximum Gasteiger partial charge on any atom is 0.319 e. The van der Waals surface area contributed by atoms with Crippen molar-refractivity contribution in [2.75, 3.05) is 37.5 Å². The van der Waals surface area contributed by atoms with Crippen molar-refractivity contribution in [3.8, 4) is 0 Å². The van der Waals surface area contributed by atoms with Gasteiger partial charge in [0.2, 0.25) is 0 Å². The Kier molecular flexibility index (Phi) is 7.74. The van der Waals surface area contributed by atoms with Gasteiger partial charge in [0.15, 0.2) is 0 Å². The Morgan fingerprint density at radius 2 is 2.05 bits per heavy atom. The molecule has 0 aliphatic carbocycles. The van der Waals surface area contributed by atoms with E-state index in [2.05, 4.69) is 17.6 Å². The second-order valence-corrected chi connectivity index (χ2v) is 5.90. The number of nitrogens with one attached hydrogen (secondary N) is 2. The SMILES string of the molecule is CCCC(CCO)CNC(=O)Nc1ccc(N(C)C)c(C)c1. The summed E-state index contributed by atoms with van der Waals surface area (Å²) in [5.74, 6) is 0.332. The molecule has 1 aromatic carbocycles. The van der Waals surface area contributed by atoms with Crippen LogP contribution in [0.1, 0.15) is 31.7 Å². The summed E-state index contributed by atoms with van der Waals surface area (Å²) >= 11 is 0. The van der Waals surface area contributed by atoms with Gasteiger partial charge in [-0.05, 0) is 49.4 Å². The second kappa shape index (κ2) is 9.30. The number of urea groups is 1. The quantitative estimate of drug-likeness (QED) is 0.692. The zero-order valence-corrected chi connectivity index (χ0v) is 14.1. The van der Waals surface area contributed by atoms with Crippen LogP contribution in [0.5, 0.6) is 0 Å². The van der Waals surface area contributed by atoms with Crippen LogP contribution in [0.3, 0.4) is 0 Å². The molecular weight excluding hydrogens is 278 g/mol. The van der Waals surface area contributed by atoms with Crippen LogP contribution in [0, 0.1) is 12.8 Å². The Balaban J connectivity index is 2.52. The van der Waals surface area contributed by atoms with E-state index in [4.69, 9.17) is 5.11 Å². The summed E-state index contributed by atoms with van der Waals surface area (Å²) in [6.45, 7) is 4.89. The molecule has 0 saturated heterocycles. The number of anilines is 2. The number of hydrogen-bond donors (Lipinski definition) is 3. The summed E-state index contributed by atoms with van der Waals surface area (Å²) < 4.78 is 0. The van der Waals surface area contributed by atoms with E-state index in [0.29, 0.717) is 12.5 Å². The molecule has 0 bridgehead atoms. The Bertz CT molecular complexity index is 469. The lowest BCUT2D eigenvalue weighted by molar-refractivity contribution is 0.237. The van der Waals surface area contributed by atoms with Crippen LogP contribution in [-0.4, -0.2) is 38.4 Å². The van der Waals surface area contributed by atoms with Crippen molar-refractivity contribution in [3.63, 3.8) is 0 Å². The first-order valence-corrected chi connectivity index (χ1v) is 7.91. The Morgan fingerprint density at radius 3 is 2.59 bits per heavy atom. The number of amides is 2. The molecule has 1 atom stereocenters. The van der Waals surface area contributed by atoms with E-state index in [0.717, 1.165) is 36.2 Å². The first-order valence-electron chi connectivity index (χ1n) is 7.91. The predicted octanol–water partition coefficient (Wildman–Crippen LogP) is 2.98. The van der Waals surface area contributed by atoms with Crippen LogP contribution in [0.4, 0.5) is 16.2 Å². The fraction of sp³-hybridized carbons (Fsp3) is 0.588. The van der Waals surface area contributed by atoms with Gasteiger partial charge in [0.05, 0.1) is 0 Å². The number of benzene rings is 1. The fourth-order valence-electron chi connectivity index (χ4n) is 2.59. The molecule has 0 saturated carbocycles. The highest BCUT2D eigenvalue weighted by Crippen LogP contribution is 2.21. The molecule has 5 nitrogen and oxygen atoms in total. The average molecular weight is 307 g/mol. The average Bonchev–Trinajstić information content (AvgIpc) is 2.45. The van der Waals surface area contributed by atoms with Crippen molar-refractivity contribution >= 4 is 17.4 Å². The number of rotatable bonds is 8. The van der Waals surface area contributed by atoms with Crippen molar-refractivity contribution in [1.82, 2.24) is 5.32 Å². The summed E-state index contributed by atoms with van der Waals surface area (Å²) in [5.41, 5.74) is 3.04. The van der Waals surface area contributed by atoms with E-state index in [-0.39, 0.29) is 12.6 Å². The predicted molar refractivity (Wildman–Crippen MR) is 92.6 cm³/mol. The molecule has 0 aliphatic rings. The lowest BCUT2D eigenvalue weighted by Gasteiger charge is -2.18. The number of carbonyl (C=O) groups excluding carboxylic acids is 1. The largest absolute Gasteiger partial charge is 0.396 e. The molecule has 124 valence electrons. The van der Waals surface area contributed by atoms with Crippen LogP contribution in [0.15, 0.2) is 18.2 Å². The molecular formula is C17H29N3O2. The summed E-state index contributed by atoms with van der Waals surface area (Å²) in [5, 5.41) is 14.8. The molecule has 0 radical (unpaired) electrons. The van der Waals surface area contributed by atoms with Gasteiger partial charge in [-0.2, -0.15) is 0 Å². The van der Waals surface area contributed by atoms with Crippen molar-refractivity contribution in [2.24, 2.45) is 5.92 Å². The molecule has 1 rings (SSSR count). The van der Waals surface area contributed by atoms with Crippen molar-refractivity contribution in [1.29, 1.82) is 0 Å². The highest BCUT2D eigenvalue weighted by atomic mass is 16.3. The molecule has 2 amide bonds. The molecule has 0 aliphatic heterocycles. The molecule has 0 fully saturated rings. The van der Waals surface area contributed by atoms with Gasteiger partial charge in [-0.25, -0.2) is 4.79 Å². The minimum atomic E-state index is -0.198. The van der Waals surface area contributed by atoms with E-state index in [1.165, 1.54) is 0 Å². The highest BCUT2D eigenvalue weighted by Gasteiger charge is 2.10. The minimum absolute atomic E-state index is 0.166. The van der Waals surface area contributed by atoms with Crippen molar-refractivity contribution in [2.45, 2.75) is 33.1 Å². The second-order valence-electron chi connectivity index (χ2n) is 5.90. The monoisotopic (exact) mass is 307 g/mol. The minimum Gasteiger partial charge on any atom is -0.396 e. The summed E-state index contributed by atoms with van der Waals surface area (Å²) in [7, 11) is 3.99. The highest BCUT2D eigenvalue weighted by molar-refractivity contribution is 5.89. The topological polar surface area (TPSA) is 64.6 Å². The maximum absolute atomic E-state index is 12.0. The molecule has 3 N–H and O–H groups in total. The number of carbonyl (C=O) groups is 1. The van der Waals surface area contributed by atoms with Gasteiger partial charge in [-0.3, -0.25) is 0 Å². The van der Waals surface area contributed by atoms with Crippen LogP contribution in [-0.2, 0) is 0 Å². The number of aliphatic hydroxyl groups is 1. The van der Waals surface area contributed by atoms with Crippen molar-refractivity contribution < 1.29 is 9.90 Å². The van der Waals surface area contributed by atoms with Gasteiger partial charge < -0.3 is 20.6 Å². The lowest BCUT2D eigenvalue weighted by atomic mass is 10.0. The third-order valence-electron chi connectivity index (χ3n) is 3.72. The van der Waals surface area contributed by atoms with Crippen LogP contribution in [0.25, 0.3) is 0 Å². The molecule has 22 heavy (non-hydrogen) atoms. The van der Waals surface area contributed by atoms with Crippen molar-refractivity contribution in [3.05, 3.63) is 23.8 Å². The van der Waals surface area contributed by atoms with E-state index in [1.54, 1.807) is 0 Å². The summed E-state index contributed by atoms with van der Waals surface area (Å²) in [4.78, 5) is 14.0. The Hall–Kier alpha value is -1.75. The first-order chi connectivity index (χ1) is 10.5. The first kappa shape index (κ1) is 18.3. The number of aliphatic hydroxyl groups excluding tert-OH is 1. The molecule has 0 aromatic heterocycles. The fourth-order valence-corrected chi connectivity index (χ4v) is 2.59. The normalized spacial score (nSPS) is 11.9. The standard InChI is InChI=1S/C17H29N3O2/c1-5-6-14(9-10-21)12-18-17(22)19-15-7-8-16(20(3)4)13(2)11-15/h7-8,11,14,21H,5-6,9-10,12H2,1-4H3,(H2,18,19,22). The maximum atomic E-state index is 12.0. The van der Waals surface area contributed by atoms with Gasteiger partial charge in [0.1, 0.15) is 0 Å². The summed E-state index contributed by atoms with van der Waals surface area (Å²) in [6.07, 6.45) is 2.79. The zero-order valence-electron chi connectivity index (χ0n) is 14.1. The van der Waals surface area contributed by atoms with Gasteiger partial charge in [0, 0.05) is 38.6 Å². The van der Waals surface area contributed by atoms with Gasteiger partial charge in [-0.1, -0.05) is 13.3 Å². The van der Waals surface area contributed by atoms with Gasteiger partial charge >= 0.3 is 6.03 Å². The van der Waals surface area contributed by atoms with E-state index < -0.39 is 0 Å². The third-order valence-corrected chi connectivity index (χ3v) is 3.72. The Labute approximate surface area is 133 Å². The number of nitrogens with zero attached hydrogens (tertiary/aromatic N) is 1. The van der Waals surface area contributed by atoms with E-state index in [1.807, 2.05) is 44.1 Å². The molecule has 1 unspecified atom stereocenters. The molecule has 1 aromatic rings. The third kappa shape index (κ3) is 5.93. The smallest absolute Gasteiger partial charge is 0.319 e. The van der Waals surface area contributed by atoms with Crippen LogP contribution < -0.4 is 15.5 Å². The van der Waals surface area contributed by atoms with Gasteiger partial charge in [-0.15, -0.1) is 0 Å². The van der Waals surface area contributed by atoms with Crippen LogP contribution in [0.2, 0.25) is 0 Å². The van der Waals surface area contributed by atoms with E-state index in [9.17, 15) is 4.79 Å². The molecule has 0 spiro atoms. The van der Waals surface area contributed by atoms with E-state index >= 15 is 0 Å². The van der Waals surface area contributed by atoms with Gasteiger partial charge in [0.25, 0.3) is 0 Å². The number of hydrogen-bond acceptors (Lipinski definition) is 3. The number of aryl methyl sites for hydroxylation is 1.